The average molecular weight is 270 g/mol. The van der Waals surface area contributed by atoms with E-state index in [1.165, 1.54) is 25.7 Å². The van der Waals surface area contributed by atoms with Crippen LogP contribution in [0.2, 0.25) is 0 Å². The van der Waals surface area contributed by atoms with E-state index in [1.807, 2.05) is 6.92 Å². The number of likely N-dealkylation sites (tertiary alicyclic amines) is 1. The van der Waals surface area contributed by atoms with Crippen molar-refractivity contribution in [2.75, 3.05) is 19.6 Å². The Balaban J connectivity index is 2.31. The molecule has 1 fully saturated rings. The fraction of sp³-hybridized carbons (Fsp3) is 0.933. The average Bonchev–Trinajstić information content (AvgIpc) is 2.63. The molecule has 1 heterocycles. The van der Waals surface area contributed by atoms with Crippen LogP contribution in [0.5, 0.6) is 0 Å². The van der Waals surface area contributed by atoms with Crippen molar-refractivity contribution in [3.63, 3.8) is 0 Å². The zero-order chi connectivity index (χ0) is 14.3. The second-order valence-electron chi connectivity index (χ2n) is 6.06. The van der Waals surface area contributed by atoms with E-state index in [2.05, 4.69) is 17.1 Å². The number of carbonyl (C=O) groups excluding carboxylic acids is 1. The minimum atomic E-state index is -0.296. The number of carbonyl (C=O) groups is 1. The summed E-state index contributed by atoms with van der Waals surface area (Å²) in [6.45, 7) is 8.58. The first-order valence-electron chi connectivity index (χ1n) is 7.70. The molecule has 0 unspecified atom stereocenters. The van der Waals surface area contributed by atoms with Crippen LogP contribution in [-0.4, -0.2) is 47.7 Å². The van der Waals surface area contributed by atoms with E-state index >= 15 is 0 Å². The van der Waals surface area contributed by atoms with E-state index in [1.54, 1.807) is 6.92 Å². The fourth-order valence-corrected chi connectivity index (χ4v) is 2.74. The van der Waals surface area contributed by atoms with Crippen molar-refractivity contribution in [2.24, 2.45) is 5.92 Å². The third kappa shape index (κ3) is 6.39. The lowest BCUT2D eigenvalue weighted by Crippen LogP contribution is -2.46. The Labute approximate surface area is 117 Å². The summed E-state index contributed by atoms with van der Waals surface area (Å²) in [5.41, 5.74) is 0. The van der Waals surface area contributed by atoms with Crippen LogP contribution in [0.3, 0.4) is 0 Å². The van der Waals surface area contributed by atoms with E-state index < -0.39 is 0 Å². The molecule has 0 aliphatic carbocycles. The van der Waals surface area contributed by atoms with Gasteiger partial charge in [-0.05, 0) is 52.1 Å². The van der Waals surface area contributed by atoms with Crippen LogP contribution in [-0.2, 0) is 4.79 Å². The molecule has 19 heavy (non-hydrogen) atoms. The summed E-state index contributed by atoms with van der Waals surface area (Å²) in [5.74, 6) is 0.444. The van der Waals surface area contributed by atoms with Crippen molar-refractivity contribution in [3.8, 4) is 0 Å². The minimum Gasteiger partial charge on any atom is -0.393 e. The number of aliphatic hydroxyl groups excluding tert-OH is 1. The van der Waals surface area contributed by atoms with Crippen molar-refractivity contribution in [2.45, 2.75) is 65.0 Å². The second kappa shape index (κ2) is 8.54. The zero-order valence-electron chi connectivity index (χ0n) is 12.7. The molecule has 0 spiro atoms. The molecule has 2 N–H and O–H groups in total. The van der Waals surface area contributed by atoms with Gasteiger partial charge in [0.2, 0.25) is 5.91 Å². The monoisotopic (exact) mass is 270 g/mol. The van der Waals surface area contributed by atoms with Gasteiger partial charge in [-0.1, -0.05) is 19.8 Å². The summed E-state index contributed by atoms with van der Waals surface area (Å²) in [7, 11) is 0. The second-order valence-corrected chi connectivity index (χ2v) is 6.06. The van der Waals surface area contributed by atoms with Crippen LogP contribution in [0, 0.1) is 5.92 Å². The van der Waals surface area contributed by atoms with Crippen molar-refractivity contribution < 1.29 is 9.90 Å². The Kier molecular flexibility index (Phi) is 7.39. The SMILES string of the molecule is C[C@H](CNC(=O)[C@H](C)N1CCCCCC1)C[C@H](C)O. The van der Waals surface area contributed by atoms with E-state index in [-0.39, 0.29) is 18.1 Å². The van der Waals surface area contributed by atoms with E-state index in [9.17, 15) is 9.90 Å². The highest BCUT2D eigenvalue weighted by Crippen LogP contribution is 2.12. The molecule has 1 amide bonds. The first-order valence-corrected chi connectivity index (χ1v) is 7.70. The largest absolute Gasteiger partial charge is 0.393 e. The molecular formula is C15H30N2O2. The third-order valence-corrected chi connectivity index (χ3v) is 3.94. The molecule has 0 aromatic carbocycles. The molecule has 0 saturated carbocycles. The number of amides is 1. The highest BCUT2D eigenvalue weighted by molar-refractivity contribution is 5.81. The molecule has 1 saturated heterocycles. The lowest BCUT2D eigenvalue weighted by molar-refractivity contribution is -0.126. The molecule has 1 aliphatic rings. The Bertz CT molecular complexity index is 261. The Morgan fingerprint density at radius 3 is 2.26 bits per heavy atom. The van der Waals surface area contributed by atoms with Gasteiger partial charge in [-0.15, -0.1) is 0 Å². The molecule has 0 aromatic rings. The molecule has 0 aromatic heterocycles. The smallest absolute Gasteiger partial charge is 0.237 e. The molecular weight excluding hydrogens is 240 g/mol. The molecule has 4 nitrogen and oxygen atoms in total. The van der Waals surface area contributed by atoms with Gasteiger partial charge in [0.05, 0.1) is 12.1 Å². The van der Waals surface area contributed by atoms with Crippen LogP contribution < -0.4 is 5.32 Å². The maximum absolute atomic E-state index is 12.1. The molecule has 0 bridgehead atoms. The van der Waals surface area contributed by atoms with Gasteiger partial charge in [0.25, 0.3) is 0 Å². The summed E-state index contributed by atoms with van der Waals surface area (Å²) >= 11 is 0. The number of aliphatic hydroxyl groups is 1. The molecule has 1 rings (SSSR count). The summed E-state index contributed by atoms with van der Waals surface area (Å²) < 4.78 is 0. The number of hydrogen-bond donors (Lipinski definition) is 2. The topological polar surface area (TPSA) is 52.6 Å². The highest BCUT2D eigenvalue weighted by Gasteiger charge is 2.22. The maximum atomic E-state index is 12.1. The quantitative estimate of drug-likeness (QED) is 0.773. The van der Waals surface area contributed by atoms with E-state index in [0.29, 0.717) is 12.5 Å². The summed E-state index contributed by atoms with van der Waals surface area (Å²) in [4.78, 5) is 14.4. The van der Waals surface area contributed by atoms with Crippen LogP contribution >= 0.6 is 0 Å². The summed E-state index contributed by atoms with van der Waals surface area (Å²) in [6.07, 6.45) is 5.42. The molecule has 4 heteroatoms. The standard InChI is InChI=1S/C15H30N2O2/c1-12(10-13(2)18)11-16-15(19)14(3)17-8-6-4-5-7-9-17/h12-14,18H,4-11H2,1-3H3,(H,16,19)/t12-,13-,14-/m0/s1. The Hall–Kier alpha value is -0.610. The predicted molar refractivity (Wildman–Crippen MR) is 78.0 cm³/mol. The van der Waals surface area contributed by atoms with Crippen LogP contribution in [0.25, 0.3) is 0 Å². The first kappa shape index (κ1) is 16.4. The van der Waals surface area contributed by atoms with Crippen LogP contribution in [0.4, 0.5) is 0 Å². The minimum absolute atomic E-state index is 0.0307. The number of nitrogens with zero attached hydrogens (tertiary/aromatic N) is 1. The van der Waals surface area contributed by atoms with Gasteiger partial charge in [-0.25, -0.2) is 0 Å². The van der Waals surface area contributed by atoms with E-state index in [0.717, 1.165) is 19.5 Å². The normalized spacial score (nSPS) is 22.3. The predicted octanol–water partition coefficient (Wildman–Crippen LogP) is 1.77. The van der Waals surface area contributed by atoms with Gasteiger partial charge in [0, 0.05) is 6.54 Å². The fourth-order valence-electron chi connectivity index (χ4n) is 2.74. The van der Waals surface area contributed by atoms with Crippen molar-refractivity contribution in [1.82, 2.24) is 10.2 Å². The molecule has 3 atom stereocenters. The lowest BCUT2D eigenvalue weighted by atomic mass is 10.0. The van der Waals surface area contributed by atoms with Gasteiger partial charge >= 0.3 is 0 Å². The highest BCUT2D eigenvalue weighted by atomic mass is 16.3. The molecule has 0 radical (unpaired) electrons. The van der Waals surface area contributed by atoms with Gasteiger partial charge in [0.1, 0.15) is 0 Å². The van der Waals surface area contributed by atoms with Gasteiger partial charge in [-0.3, -0.25) is 9.69 Å². The first-order chi connectivity index (χ1) is 9.00. The number of nitrogens with one attached hydrogen (secondary N) is 1. The van der Waals surface area contributed by atoms with Crippen LogP contribution in [0.15, 0.2) is 0 Å². The summed E-state index contributed by atoms with van der Waals surface area (Å²) in [5, 5.41) is 12.3. The van der Waals surface area contributed by atoms with Gasteiger partial charge in [-0.2, -0.15) is 0 Å². The van der Waals surface area contributed by atoms with Crippen molar-refractivity contribution in [1.29, 1.82) is 0 Å². The van der Waals surface area contributed by atoms with Gasteiger partial charge < -0.3 is 10.4 Å². The molecule has 112 valence electrons. The van der Waals surface area contributed by atoms with E-state index in [4.69, 9.17) is 0 Å². The number of hydrogen-bond acceptors (Lipinski definition) is 3. The Morgan fingerprint density at radius 2 is 1.74 bits per heavy atom. The number of rotatable bonds is 6. The molecule has 1 aliphatic heterocycles. The van der Waals surface area contributed by atoms with Crippen LogP contribution in [0.1, 0.15) is 52.9 Å². The lowest BCUT2D eigenvalue weighted by Gasteiger charge is -2.27. The third-order valence-electron chi connectivity index (χ3n) is 3.94. The summed E-state index contributed by atoms with van der Waals surface area (Å²) in [6, 6.07) is -0.0307. The Morgan fingerprint density at radius 1 is 1.16 bits per heavy atom. The van der Waals surface area contributed by atoms with Crippen molar-refractivity contribution >= 4 is 5.91 Å². The van der Waals surface area contributed by atoms with Crippen molar-refractivity contribution in [3.05, 3.63) is 0 Å². The zero-order valence-corrected chi connectivity index (χ0v) is 12.7. The van der Waals surface area contributed by atoms with Gasteiger partial charge in [0.15, 0.2) is 0 Å². The maximum Gasteiger partial charge on any atom is 0.237 e.